The van der Waals surface area contributed by atoms with Crippen molar-refractivity contribution < 1.29 is 19.0 Å². The quantitative estimate of drug-likeness (QED) is 0.782. The maximum absolute atomic E-state index is 13.7. The van der Waals surface area contributed by atoms with Gasteiger partial charge in [-0.2, -0.15) is 0 Å². The molecule has 1 unspecified atom stereocenters. The highest BCUT2D eigenvalue weighted by Gasteiger charge is 2.13. The molecule has 0 saturated carbocycles. The van der Waals surface area contributed by atoms with Gasteiger partial charge in [-0.15, -0.1) is 11.8 Å². The zero-order valence-electron chi connectivity index (χ0n) is 14.3. The molecule has 1 N–H and O–H groups in total. The molecule has 0 saturated heterocycles. The Morgan fingerprint density at radius 2 is 2.00 bits per heavy atom. The van der Waals surface area contributed by atoms with Crippen molar-refractivity contribution in [3.05, 3.63) is 65.5 Å². The summed E-state index contributed by atoms with van der Waals surface area (Å²) in [4.78, 5) is 13.7. The lowest BCUT2D eigenvalue weighted by Gasteiger charge is -2.18. The van der Waals surface area contributed by atoms with Crippen LogP contribution in [0.3, 0.4) is 0 Å². The van der Waals surface area contributed by atoms with Crippen molar-refractivity contribution in [3.8, 4) is 5.75 Å². The minimum Gasteiger partial charge on any atom is -0.494 e. The number of aliphatic hydroxyl groups is 1. The predicted octanol–water partition coefficient (Wildman–Crippen LogP) is 3.26. The summed E-state index contributed by atoms with van der Waals surface area (Å²) in [5.74, 6) is 0.380. The predicted molar refractivity (Wildman–Crippen MR) is 98.2 cm³/mol. The number of amides is 1. The molecule has 0 fully saturated rings. The Kier molecular flexibility index (Phi) is 7.28. The van der Waals surface area contributed by atoms with E-state index in [0.717, 1.165) is 5.56 Å². The van der Waals surface area contributed by atoms with Crippen LogP contribution in [0.4, 0.5) is 4.39 Å². The van der Waals surface area contributed by atoms with Gasteiger partial charge in [0.25, 0.3) is 0 Å². The summed E-state index contributed by atoms with van der Waals surface area (Å²) >= 11 is 1.38. The van der Waals surface area contributed by atoms with Crippen molar-refractivity contribution >= 4 is 17.7 Å². The van der Waals surface area contributed by atoms with E-state index in [0.29, 0.717) is 17.9 Å². The number of thioether (sulfide) groups is 1. The van der Waals surface area contributed by atoms with E-state index in [1.165, 1.54) is 24.9 Å². The van der Waals surface area contributed by atoms with Crippen molar-refractivity contribution in [1.29, 1.82) is 0 Å². The van der Waals surface area contributed by atoms with E-state index in [1.54, 1.807) is 24.1 Å². The fraction of sp³-hybridized carbons (Fsp3) is 0.316. The molecule has 0 spiro atoms. The molecule has 0 bridgehead atoms. The number of carbonyl (C=O) groups excluding carboxylic acids is 1. The number of methoxy groups -OCH3 is 1. The Morgan fingerprint density at radius 1 is 1.28 bits per heavy atom. The average molecular weight is 363 g/mol. The molecule has 0 aromatic heterocycles. The summed E-state index contributed by atoms with van der Waals surface area (Å²) in [6.07, 6.45) is -0.597. The Balaban J connectivity index is 1.79. The van der Waals surface area contributed by atoms with Gasteiger partial charge in [-0.05, 0) is 23.3 Å². The molecule has 1 amide bonds. The van der Waals surface area contributed by atoms with Crippen LogP contribution < -0.4 is 4.74 Å². The fourth-order valence-electron chi connectivity index (χ4n) is 2.31. The van der Waals surface area contributed by atoms with E-state index in [1.807, 2.05) is 30.3 Å². The smallest absolute Gasteiger partial charge is 0.232 e. The largest absolute Gasteiger partial charge is 0.494 e. The van der Waals surface area contributed by atoms with E-state index in [-0.39, 0.29) is 17.4 Å². The Labute approximate surface area is 151 Å². The molecule has 6 heteroatoms. The van der Waals surface area contributed by atoms with Crippen molar-refractivity contribution in [2.24, 2.45) is 0 Å². The van der Waals surface area contributed by atoms with E-state index in [2.05, 4.69) is 0 Å². The van der Waals surface area contributed by atoms with Crippen molar-refractivity contribution in [3.63, 3.8) is 0 Å². The number of aliphatic hydroxyl groups excluding tert-OH is 1. The number of rotatable bonds is 8. The number of nitrogens with zero attached hydrogens (tertiary/aromatic N) is 1. The molecular weight excluding hydrogens is 341 g/mol. The third-order valence-electron chi connectivity index (χ3n) is 3.75. The summed E-state index contributed by atoms with van der Waals surface area (Å²) in [6.45, 7) is 0.321. The molecule has 25 heavy (non-hydrogen) atoms. The first kappa shape index (κ1) is 19.3. The third kappa shape index (κ3) is 5.76. The number of benzene rings is 2. The molecule has 0 heterocycles. The van der Waals surface area contributed by atoms with Gasteiger partial charge in [0.2, 0.25) is 5.91 Å². The molecule has 2 rings (SSSR count). The average Bonchev–Trinajstić information content (AvgIpc) is 2.62. The second-order valence-electron chi connectivity index (χ2n) is 5.66. The van der Waals surface area contributed by atoms with Gasteiger partial charge in [0.15, 0.2) is 11.6 Å². The van der Waals surface area contributed by atoms with Crippen LogP contribution in [-0.4, -0.2) is 41.6 Å². The molecule has 0 aliphatic rings. The van der Waals surface area contributed by atoms with E-state index >= 15 is 0 Å². The van der Waals surface area contributed by atoms with Gasteiger partial charge in [0.1, 0.15) is 0 Å². The van der Waals surface area contributed by atoms with E-state index < -0.39 is 11.9 Å². The topological polar surface area (TPSA) is 49.8 Å². The summed E-state index contributed by atoms with van der Waals surface area (Å²) in [5, 5.41) is 10.1. The van der Waals surface area contributed by atoms with Crippen LogP contribution in [0.25, 0.3) is 0 Å². The van der Waals surface area contributed by atoms with Crippen LogP contribution in [-0.2, 0) is 11.3 Å². The molecule has 2 aromatic rings. The van der Waals surface area contributed by atoms with Gasteiger partial charge in [-0.25, -0.2) is 4.39 Å². The third-order valence-corrected chi connectivity index (χ3v) is 4.75. The lowest BCUT2D eigenvalue weighted by molar-refractivity contribution is -0.127. The highest BCUT2D eigenvalue weighted by atomic mass is 32.2. The van der Waals surface area contributed by atoms with Gasteiger partial charge in [-0.1, -0.05) is 36.4 Å². The molecule has 4 nitrogen and oxygen atoms in total. The first-order valence-corrected chi connectivity index (χ1v) is 9.04. The van der Waals surface area contributed by atoms with Crippen LogP contribution in [0, 0.1) is 5.82 Å². The van der Waals surface area contributed by atoms with Gasteiger partial charge < -0.3 is 14.7 Å². The normalized spacial score (nSPS) is 11.8. The van der Waals surface area contributed by atoms with Gasteiger partial charge >= 0.3 is 0 Å². The minimum atomic E-state index is -0.597. The summed E-state index contributed by atoms with van der Waals surface area (Å²) < 4.78 is 18.6. The summed E-state index contributed by atoms with van der Waals surface area (Å²) in [6, 6.07) is 14.0. The monoisotopic (exact) mass is 363 g/mol. The van der Waals surface area contributed by atoms with Gasteiger partial charge in [0.05, 0.1) is 19.0 Å². The number of hydrogen-bond acceptors (Lipinski definition) is 4. The molecule has 0 radical (unpaired) electrons. The molecule has 1 atom stereocenters. The highest BCUT2D eigenvalue weighted by Crippen LogP contribution is 2.20. The summed E-state index contributed by atoms with van der Waals surface area (Å²) in [7, 11) is 3.09. The second-order valence-corrected chi connectivity index (χ2v) is 6.69. The maximum Gasteiger partial charge on any atom is 0.232 e. The maximum atomic E-state index is 13.7. The van der Waals surface area contributed by atoms with E-state index in [4.69, 9.17) is 4.74 Å². The standard InChI is InChI=1S/C19H22FNO3S/c1-21(11-14-8-9-18(24-2)16(20)10-14)19(23)13-25-12-17(22)15-6-4-3-5-7-15/h3-10,17,22H,11-13H2,1-2H3. The van der Waals surface area contributed by atoms with Crippen molar-refractivity contribution in [2.45, 2.75) is 12.6 Å². The Hall–Kier alpha value is -2.05. The first-order chi connectivity index (χ1) is 12.0. The number of carbonyl (C=O) groups is 1. The van der Waals surface area contributed by atoms with Gasteiger partial charge in [0, 0.05) is 19.3 Å². The fourth-order valence-corrected chi connectivity index (χ4v) is 3.24. The van der Waals surface area contributed by atoms with Crippen molar-refractivity contribution in [1.82, 2.24) is 4.90 Å². The lowest BCUT2D eigenvalue weighted by Crippen LogP contribution is -2.28. The molecule has 0 aliphatic heterocycles. The van der Waals surface area contributed by atoms with Crippen LogP contribution in [0.15, 0.2) is 48.5 Å². The van der Waals surface area contributed by atoms with Gasteiger partial charge in [-0.3, -0.25) is 4.79 Å². The van der Waals surface area contributed by atoms with Crippen molar-refractivity contribution in [2.75, 3.05) is 25.7 Å². The molecule has 0 aliphatic carbocycles. The number of ether oxygens (including phenoxy) is 1. The lowest BCUT2D eigenvalue weighted by atomic mass is 10.1. The van der Waals surface area contributed by atoms with Crippen LogP contribution in [0.2, 0.25) is 0 Å². The van der Waals surface area contributed by atoms with E-state index in [9.17, 15) is 14.3 Å². The SMILES string of the molecule is COc1ccc(CN(C)C(=O)CSCC(O)c2ccccc2)cc1F. The second kappa shape index (κ2) is 9.44. The Bertz CT molecular complexity index is 696. The molecular formula is C19H22FNO3S. The van der Waals surface area contributed by atoms with Crippen LogP contribution >= 0.6 is 11.8 Å². The molecule has 2 aromatic carbocycles. The zero-order valence-corrected chi connectivity index (χ0v) is 15.1. The van der Waals surface area contributed by atoms with Crippen LogP contribution in [0.5, 0.6) is 5.75 Å². The van der Waals surface area contributed by atoms with Crippen LogP contribution in [0.1, 0.15) is 17.2 Å². The molecule has 134 valence electrons. The summed E-state index contributed by atoms with van der Waals surface area (Å²) in [5.41, 5.74) is 1.54. The number of hydrogen-bond donors (Lipinski definition) is 1. The number of halogens is 1. The minimum absolute atomic E-state index is 0.0681. The Morgan fingerprint density at radius 3 is 2.64 bits per heavy atom. The highest BCUT2D eigenvalue weighted by molar-refractivity contribution is 7.99. The zero-order chi connectivity index (χ0) is 18.2. The first-order valence-electron chi connectivity index (χ1n) is 7.88.